The first-order valence-corrected chi connectivity index (χ1v) is 15.2. The van der Waals surface area contributed by atoms with Crippen LogP contribution < -0.4 is 22.5 Å². The molecule has 21 heteroatoms. The third-order valence-electron chi connectivity index (χ3n) is 7.72. The lowest BCUT2D eigenvalue weighted by molar-refractivity contribution is -0.157. The topological polar surface area (TPSA) is 254 Å². The zero-order chi connectivity index (χ0) is 34.5. The number of hydrogen-bond acceptors (Lipinski definition) is 14. The fourth-order valence-corrected chi connectivity index (χ4v) is 7.15. The Labute approximate surface area is 257 Å². The predicted molar refractivity (Wildman–Crippen MR) is 149 cm³/mol. The molecule has 3 unspecified atom stereocenters. The first-order chi connectivity index (χ1) is 21.3. The summed E-state index contributed by atoms with van der Waals surface area (Å²) in [6.07, 6.45) is -4.42. The Bertz CT molecular complexity index is 1700. The van der Waals surface area contributed by atoms with E-state index in [0.717, 1.165) is 40.6 Å². The molecule has 0 bridgehead atoms. The number of ether oxygens (including phenoxy) is 2. The van der Waals surface area contributed by atoms with Gasteiger partial charge in [0.25, 0.3) is 11.1 Å². The third-order valence-corrected chi connectivity index (χ3v) is 9.32. The van der Waals surface area contributed by atoms with E-state index >= 15 is 0 Å². The highest BCUT2D eigenvalue weighted by Crippen LogP contribution is 2.62. The molecule has 0 radical (unpaired) electrons. The quantitative estimate of drug-likeness (QED) is 0.179. The van der Waals surface area contributed by atoms with Crippen molar-refractivity contribution < 1.29 is 56.8 Å². The molecular formula is C25H35F2N4O14P. The van der Waals surface area contributed by atoms with Crippen molar-refractivity contribution in [2.24, 2.45) is 0 Å². The number of phosphoric ester groups is 1. The Morgan fingerprint density at radius 3 is 1.91 bits per heavy atom. The van der Waals surface area contributed by atoms with Gasteiger partial charge in [0.1, 0.15) is 36.8 Å². The number of aromatic nitrogens is 4. The first-order valence-electron chi connectivity index (χ1n) is 13.8. The van der Waals surface area contributed by atoms with Crippen LogP contribution in [0.2, 0.25) is 0 Å². The normalized spacial score (nSPS) is 38.8. The molecule has 6 N–H and O–H groups in total. The molecule has 3 aliphatic heterocycles. The summed E-state index contributed by atoms with van der Waals surface area (Å²) in [6.45, 7) is 1.83. The number of hydrogen-bond donors (Lipinski definition) is 6. The van der Waals surface area contributed by atoms with Crippen molar-refractivity contribution in [3.63, 3.8) is 0 Å². The summed E-state index contributed by atoms with van der Waals surface area (Å²) >= 11 is 0. The van der Waals surface area contributed by atoms with Gasteiger partial charge in [-0.3, -0.25) is 42.3 Å². The smallest absolute Gasteiger partial charge is 0.393 e. The molecule has 2 aromatic rings. The minimum atomic E-state index is -4.06. The Kier molecular flexibility index (Phi) is 9.85. The van der Waals surface area contributed by atoms with E-state index < -0.39 is 110 Å². The number of halogens is 2. The molecule has 9 atom stereocenters. The number of rotatable bonds is 7. The average Bonchev–Trinajstić information content (AvgIpc) is 3.32. The largest absolute Gasteiger partial charge is 0.475 e. The summed E-state index contributed by atoms with van der Waals surface area (Å²) in [5.74, 6) is 0. The Morgan fingerprint density at radius 1 is 0.978 bits per heavy atom. The van der Waals surface area contributed by atoms with E-state index in [2.05, 4.69) is 0 Å². The zero-order valence-electron chi connectivity index (χ0n) is 25.0. The molecule has 18 nitrogen and oxygen atoms in total. The van der Waals surface area contributed by atoms with Gasteiger partial charge in [-0.1, -0.05) is 0 Å². The van der Waals surface area contributed by atoms with Crippen molar-refractivity contribution in [3.05, 3.63) is 66.2 Å². The number of aromatic amines is 2. The second-order valence-electron chi connectivity index (χ2n) is 11.7. The standard InChI is InChI=1S/C14H20FN2O8P.C11H15FN2O6/c1-8(2)24-26(21)22-7-14(6-15)10(25-26)13(3,20)11(23-14)17-5-4-9(18)16-12(17)19;1-10(19)7(17)11(4-12,5-15)20-8(10)14-3-2-6(16)13-9(14)18/h4-5,8,10-11,20H,6-7H2,1-3H3,(H,16,18,19);2-3,7-8,15,17,19H,4-5H2,1H3,(H,13,16,18)/t10-,11?,13+,14+,26?;7-,8?,10+,11+/m00/s1. The molecule has 0 aromatic carbocycles. The van der Waals surface area contributed by atoms with E-state index in [1.807, 2.05) is 9.97 Å². The molecule has 5 heterocycles. The molecular weight excluding hydrogens is 649 g/mol. The van der Waals surface area contributed by atoms with Crippen LogP contribution in [-0.4, -0.2) is 107 Å². The maximum absolute atomic E-state index is 13.9. The summed E-state index contributed by atoms with van der Waals surface area (Å²) in [7, 11) is -4.06. The maximum Gasteiger partial charge on any atom is 0.475 e. The predicted octanol–water partition coefficient (Wildman–Crippen LogP) is -1.65. The van der Waals surface area contributed by atoms with Crippen molar-refractivity contribution in [1.82, 2.24) is 19.1 Å². The molecule has 258 valence electrons. The van der Waals surface area contributed by atoms with Crippen LogP contribution in [0, 0.1) is 0 Å². The molecule has 0 amide bonds. The second kappa shape index (κ2) is 12.6. The van der Waals surface area contributed by atoms with Gasteiger partial charge in [0.15, 0.2) is 23.7 Å². The summed E-state index contributed by atoms with van der Waals surface area (Å²) in [5, 5.41) is 40.4. The number of aliphatic hydroxyl groups excluding tert-OH is 2. The van der Waals surface area contributed by atoms with Crippen molar-refractivity contribution in [3.8, 4) is 0 Å². The monoisotopic (exact) mass is 684 g/mol. The van der Waals surface area contributed by atoms with Crippen LogP contribution in [0.5, 0.6) is 0 Å². The van der Waals surface area contributed by atoms with E-state index in [1.165, 1.54) is 6.92 Å². The van der Waals surface area contributed by atoms with Crippen LogP contribution in [0.3, 0.4) is 0 Å². The van der Waals surface area contributed by atoms with Crippen LogP contribution in [0.15, 0.2) is 43.7 Å². The van der Waals surface area contributed by atoms with E-state index in [9.17, 15) is 53.0 Å². The third kappa shape index (κ3) is 6.21. The molecule has 5 rings (SSSR count). The zero-order valence-corrected chi connectivity index (χ0v) is 25.9. The molecule has 0 spiro atoms. The van der Waals surface area contributed by atoms with Gasteiger partial charge in [0.05, 0.1) is 19.3 Å². The van der Waals surface area contributed by atoms with Crippen LogP contribution >= 0.6 is 7.82 Å². The van der Waals surface area contributed by atoms with Gasteiger partial charge in [-0.2, -0.15) is 0 Å². The lowest BCUT2D eigenvalue weighted by Gasteiger charge is -2.40. The van der Waals surface area contributed by atoms with Crippen LogP contribution in [0.1, 0.15) is 40.2 Å². The summed E-state index contributed by atoms with van der Waals surface area (Å²) < 4.78 is 67.7. The highest BCUT2D eigenvalue weighted by molar-refractivity contribution is 7.48. The van der Waals surface area contributed by atoms with Crippen molar-refractivity contribution in [2.75, 3.05) is 26.6 Å². The SMILES string of the molecule is CC(C)OP1(=O)OC[C@@]2(CF)OC(n3ccc(=O)[nH]c3=O)[C@](C)(O)[C@@H]2O1.C[C@]1(O)C(n2ccc(=O)[nH]c2=O)O[C@@](CO)(CF)[C@H]1O. The van der Waals surface area contributed by atoms with Crippen LogP contribution in [-0.2, 0) is 27.6 Å². The molecule has 2 aromatic heterocycles. The Hall–Kier alpha value is -2.91. The van der Waals surface area contributed by atoms with E-state index in [4.69, 9.17) is 23.0 Å². The van der Waals surface area contributed by atoms with E-state index in [1.54, 1.807) is 13.8 Å². The number of nitrogens with one attached hydrogen (secondary N) is 2. The molecule has 0 saturated carbocycles. The number of phosphoric acid groups is 1. The molecule has 46 heavy (non-hydrogen) atoms. The number of nitrogens with zero attached hydrogens (tertiary/aromatic N) is 2. The van der Waals surface area contributed by atoms with Gasteiger partial charge in [0, 0.05) is 24.5 Å². The maximum atomic E-state index is 13.9. The van der Waals surface area contributed by atoms with Crippen molar-refractivity contribution in [1.29, 1.82) is 0 Å². The summed E-state index contributed by atoms with van der Waals surface area (Å²) in [6, 6.07) is 2.07. The Morgan fingerprint density at radius 2 is 1.50 bits per heavy atom. The van der Waals surface area contributed by atoms with Crippen molar-refractivity contribution >= 4 is 7.82 Å². The molecule has 3 saturated heterocycles. The van der Waals surface area contributed by atoms with Gasteiger partial charge in [-0.05, 0) is 27.7 Å². The van der Waals surface area contributed by atoms with Gasteiger partial charge in [0.2, 0.25) is 0 Å². The minimum Gasteiger partial charge on any atom is -0.393 e. The highest BCUT2D eigenvalue weighted by atomic mass is 31.2. The first kappa shape index (κ1) is 35.9. The van der Waals surface area contributed by atoms with Crippen LogP contribution in [0.25, 0.3) is 0 Å². The highest BCUT2D eigenvalue weighted by Gasteiger charge is 2.68. The Balaban J connectivity index is 0.000000216. The number of H-pyrrole nitrogens is 2. The fourth-order valence-electron chi connectivity index (χ4n) is 5.42. The summed E-state index contributed by atoms with van der Waals surface area (Å²) in [5.41, 5.74) is -10.9. The molecule has 3 aliphatic rings. The summed E-state index contributed by atoms with van der Waals surface area (Å²) in [4.78, 5) is 50.0. The second-order valence-corrected chi connectivity index (χ2v) is 13.3. The average molecular weight is 685 g/mol. The lowest BCUT2D eigenvalue weighted by Crippen LogP contribution is -2.56. The minimum absolute atomic E-state index is 0.511. The van der Waals surface area contributed by atoms with Gasteiger partial charge >= 0.3 is 19.2 Å². The fraction of sp³-hybridized carbons (Fsp3) is 0.680. The number of aliphatic hydroxyl groups is 4. The van der Waals surface area contributed by atoms with Gasteiger partial charge in [-0.15, -0.1) is 0 Å². The molecule has 3 fully saturated rings. The van der Waals surface area contributed by atoms with Gasteiger partial charge < -0.3 is 29.9 Å². The number of alkyl halides is 2. The lowest BCUT2D eigenvalue weighted by atomic mass is 9.88. The number of fused-ring (bicyclic) bond motifs is 1. The van der Waals surface area contributed by atoms with E-state index in [-0.39, 0.29) is 0 Å². The van der Waals surface area contributed by atoms with Gasteiger partial charge in [-0.25, -0.2) is 22.9 Å². The van der Waals surface area contributed by atoms with E-state index in [0.29, 0.717) is 0 Å². The van der Waals surface area contributed by atoms with Crippen molar-refractivity contribution in [2.45, 2.75) is 80.9 Å². The van der Waals surface area contributed by atoms with Crippen LogP contribution in [0.4, 0.5) is 8.78 Å². The molecule has 0 aliphatic carbocycles.